The standard InChI is InChI=1S/C11H14F3N3/c1-10(3-4-10)9-16-6-7(5-15-2)8(17-9)11(12,13)14/h6,15H,3-5H2,1-2H3. The van der Waals surface area contributed by atoms with Crippen LogP contribution in [0.4, 0.5) is 13.2 Å². The van der Waals surface area contributed by atoms with Crippen LogP contribution in [0.25, 0.3) is 0 Å². The van der Waals surface area contributed by atoms with Crippen LogP contribution in [0.3, 0.4) is 0 Å². The van der Waals surface area contributed by atoms with Crippen LogP contribution in [-0.4, -0.2) is 17.0 Å². The Labute approximate surface area is 97.5 Å². The molecule has 6 heteroatoms. The molecule has 1 aromatic heterocycles. The molecule has 1 heterocycles. The van der Waals surface area contributed by atoms with Crippen molar-refractivity contribution >= 4 is 0 Å². The number of halogens is 3. The fourth-order valence-corrected chi connectivity index (χ4v) is 1.67. The van der Waals surface area contributed by atoms with E-state index in [1.807, 2.05) is 6.92 Å². The number of aromatic nitrogens is 2. The van der Waals surface area contributed by atoms with Crippen LogP contribution in [0.2, 0.25) is 0 Å². The summed E-state index contributed by atoms with van der Waals surface area (Å²) in [6.45, 7) is 2.01. The van der Waals surface area contributed by atoms with Gasteiger partial charge in [0.1, 0.15) is 5.82 Å². The summed E-state index contributed by atoms with van der Waals surface area (Å²) in [5.74, 6) is 0.310. The van der Waals surface area contributed by atoms with E-state index >= 15 is 0 Å². The van der Waals surface area contributed by atoms with Crippen LogP contribution in [0.5, 0.6) is 0 Å². The van der Waals surface area contributed by atoms with E-state index in [-0.39, 0.29) is 17.5 Å². The first kappa shape index (κ1) is 12.3. The Hall–Kier alpha value is -1.17. The van der Waals surface area contributed by atoms with Gasteiger partial charge in [-0.05, 0) is 19.9 Å². The third kappa shape index (κ3) is 2.41. The van der Waals surface area contributed by atoms with Gasteiger partial charge >= 0.3 is 6.18 Å². The second kappa shape index (κ2) is 3.94. The fourth-order valence-electron chi connectivity index (χ4n) is 1.67. The van der Waals surface area contributed by atoms with Gasteiger partial charge in [-0.25, -0.2) is 9.97 Å². The highest BCUT2D eigenvalue weighted by atomic mass is 19.4. The maximum Gasteiger partial charge on any atom is 0.433 e. The zero-order valence-electron chi connectivity index (χ0n) is 9.73. The zero-order valence-corrected chi connectivity index (χ0v) is 9.73. The van der Waals surface area contributed by atoms with E-state index in [9.17, 15) is 13.2 Å². The van der Waals surface area contributed by atoms with Crippen molar-refractivity contribution in [3.63, 3.8) is 0 Å². The average molecular weight is 245 g/mol. The molecule has 1 aromatic rings. The molecule has 0 bridgehead atoms. The van der Waals surface area contributed by atoms with Crippen molar-refractivity contribution < 1.29 is 13.2 Å². The number of nitrogens with one attached hydrogen (secondary N) is 1. The highest BCUT2D eigenvalue weighted by molar-refractivity contribution is 5.25. The summed E-state index contributed by atoms with van der Waals surface area (Å²) in [5.41, 5.74) is -0.976. The molecule has 0 atom stereocenters. The molecule has 0 amide bonds. The number of nitrogens with zero attached hydrogens (tertiary/aromatic N) is 2. The molecule has 17 heavy (non-hydrogen) atoms. The normalized spacial score (nSPS) is 18.2. The average Bonchev–Trinajstić information content (AvgIpc) is 2.97. The number of alkyl halides is 3. The molecule has 0 aromatic carbocycles. The smallest absolute Gasteiger partial charge is 0.316 e. The summed E-state index contributed by atoms with van der Waals surface area (Å²) in [4.78, 5) is 7.77. The quantitative estimate of drug-likeness (QED) is 0.887. The monoisotopic (exact) mass is 245 g/mol. The Kier molecular flexibility index (Phi) is 2.85. The van der Waals surface area contributed by atoms with Gasteiger partial charge in [0, 0.05) is 23.7 Å². The van der Waals surface area contributed by atoms with E-state index in [2.05, 4.69) is 15.3 Å². The second-order valence-electron chi connectivity index (χ2n) is 4.66. The summed E-state index contributed by atoms with van der Waals surface area (Å²) in [6.07, 6.45) is -1.42. The summed E-state index contributed by atoms with van der Waals surface area (Å²) in [5, 5.41) is 2.69. The van der Waals surface area contributed by atoms with Gasteiger partial charge in [-0.2, -0.15) is 13.2 Å². The van der Waals surface area contributed by atoms with E-state index in [0.29, 0.717) is 5.82 Å². The maximum atomic E-state index is 12.8. The third-order valence-electron chi connectivity index (χ3n) is 3.04. The van der Waals surface area contributed by atoms with E-state index in [0.717, 1.165) is 12.8 Å². The minimum Gasteiger partial charge on any atom is -0.316 e. The van der Waals surface area contributed by atoms with Crippen LogP contribution in [-0.2, 0) is 18.1 Å². The van der Waals surface area contributed by atoms with Crippen LogP contribution >= 0.6 is 0 Å². The van der Waals surface area contributed by atoms with Crippen molar-refractivity contribution in [1.29, 1.82) is 0 Å². The maximum absolute atomic E-state index is 12.8. The van der Waals surface area contributed by atoms with Crippen molar-refractivity contribution in [1.82, 2.24) is 15.3 Å². The van der Waals surface area contributed by atoms with Gasteiger partial charge in [0.15, 0.2) is 5.69 Å². The molecule has 3 nitrogen and oxygen atoms in total. The summed E-state index contributed by atoms with van der Waals surface area (Å²) < 4.78 is 38.5. The number of hydrogen-bond donors (Lipinski definition) is 1. The highest BCUT2D eigenvalue weighted by Crippen LogP contribution is 2.46. The molecule has 0 unspecified atom stereocenters. The second-order valence-corrected chi connectivity index (χ2v) is 4.66. The lowest BCUT2D eigenvalue weighted by atomic mass is 10.1. The van der Waals surface area contributed by atoms with Gasteiger partial charge < -0.3 is 5.32 Å². The Bertz CT molecular complexity index is 424. The zero-order chi connectivity index (χ0) is 12.7. The van der Waals surface area contributed by atoms with Crippen molar-refractivity contribution in [2.45, 2.75) is 37.9 Å². The molecule has 0 aliphatic heterocycles. The fraction of sp³-hybridized carbons (Fsp3) is 0.636. The molecule has 0 saturated heterocycles. The first-order valence-electron chi connectivity index (χ1n) is 5.45. The lowest BCUT2D eigenvalue weighted by Crippen LogP contribution is -2.20. The predicted molar refractivity (Wildman–Crippen MR) is 56.4 cm³/mol. The molecule has 0 spiro atoms. The van der Waals surface area contributed by atoms with Gasteiger partial charge in [-0.3, -0.25) is 0 Å². The number of rotatable bonds is 3. The van der Waals surface area contributed by atoms with Crippen molar-refractivity contribution in [3.05, 3.63) is 23.3 Å². The summed E-state index contributed by atoms with van der Waals surface area (Å²) in [6, 6.07) is 0. The summed E-state index contributed by atoms with van der Waals surface area (Å²) >= 11 is 0. The van der Waals surface area contributed by atoms with E-state index in [1.54, 1.807) is 7.05 Å². The molecule has 1 aliphatic rings. The minimum atomic E-state index is -4.42. The lowest BCUT2D eigenvalue weighted by Gasteiger charge is -2.14. The molecule has 2 rings (SSSR count). The van der Waals surface area contributed by atoms with Gasteiger partial charge in [0.25, 0.3) is 0 Å². The molecular formula is C11H14F3N3. The summed E-state index contributed by atoms with van der Waals surface area (Å²) in [7, 11) is 1.59. The van der Waals surface area contributed by atoms with E-state index in [4.69, 9.17) is 0 Å². The van der Waals surface area contributed by atoms with Crippen LogP contribution < -0.4 is 5.32 Å². The van der Waals surface area contributed by atoms with Crippen LogP contribution in [0.15, 0.2) is 6.20 Å². The Balaban J connectivity index is 2.43. The number of hydrogen-bond acceptors (Lipinski definition) is 3. The Morgan fingerprint density at radius 3 is 2.53 bits per heavy atom. The Morgan fingerprint density at radius 1 is 1.41 bits per heavy atom. The van der Waals surface area contributed by atoms with Crippen LogP contribution in [0.1, 0.15) is 36.8 Å². The topological polar surface area (TPSA) is 37.8 Å². The van der Waals surface area contributed by atoms with Gasteiger partial charge in [0.05, 0.1) is 0 Å². The minimum absolute atomic E-state index is 0.0907. The lowest BCUT2D eigenvalue weighted by molar-refractivity contribution is -0.142. The molecule has 1 saturated carbocycles. The largest absolute Gasteiger partial charge is 0.433 e. The molecule has 1 N–H and O–H groups in total. The van der Waals surface area contributed by atoms with E-state index < -0.39 is 11.9 Å². The van der Waals surface area contributed by atoms with Gasteiger partial charge in [0.2, 0.25) is 0 Å². The first-order valence-corrected chi connectivity index (χ1v) is 5.45. The first-order chi connectivity index (χ1) is 7.87. The van der Waals surface area contributed by atoms with E-state index in [1.165, 1.54) is 6.20 Å². The van der Waals surface area contributed by atoms with Crippen LogP contribution in [0, 0.1) is 0 Å². The molecule has 1 aliphatic carbocycles. The Morgan fingerprint density at radius 2 is 2.06 bits per heavy atom. The molecular weight excluding hydrogens is 231 g/mol. The van der Waals surface area contributed by atoms with Crippen molar-refractivity contribution in [2.75, 3.05) is 7.05 Å². The van der Waals surface area contributed by atoms with Gasteiger partial charge in [-0.1, -0.05) is 6.92 Å². The predicted octanol–water partition coefficient (Wildman–Crippen LogP) is 2.27. The molecule has 0 radical (unpaired) electrons. The highest BCUT2D eigenvalue weighted by Gasteiger charge is 2.44. The van der Waals surface area contributed by atoms with Gasteiger partial charge in [-0.15, -0.1) is 0 Å². The third-order valence-corrected chi connectivity index (χ3v) is 3.04. The van der Waals surface area contributed by atoms with Crippen molar-refractivity contribution in [3.8, 4) is 0 Å². The molecule has 1 fully saturated rings. The van der Waals surface area contributed by atoms with Crippen molar-refractivity contribution in [2.24, 2.45) is 0 Å². The SMILES string of the molecule is CNCc1cnc(C2(C)CC2)nc1C(F)(F)F. The molecule has 94 valence electrons.